The third-order valence-corrected chi connectivity index (χ3v) is 3.70. The van der Waals surface area contributed by atoms with Crippen LogP contribution < -0.4 is 5.32 Å². The Morgan fingerprint density at radius 3 is 2.88 bits per heavy atom. The predicted octanol–water partition coefficient (Wildman–Crippen LogP) is 3.88. The van der Waals surface area contributed by atoms with Gasteiger partial charge in [0.05, 0.1) is 27.2 Å². The average molecular weight is 347 g/mol. The molecule has 0 bridgehead atoms. The first kappa shape index (κ1) is 14.4. The number of benzene rings is 1. The molecule has 0 unspecified atom stereocenters. The maximum atomic E-state index is 13.7. The summed E-state index contributed by atoms with van der Waals surface area (Å²) in [6.07, 6.45) is 1.68. The zero-order valence-electron chi connectivity index (χ0n) is 11.8. The van der Waals surface area contributed by atoms with Gasteiger partial charge in [0.25, 0.3) is 0 Å². The molecule has 0 fully saturated rings. The molecule has 0 atom stereocenters. The third kappa shape index (κ3) is 2.31. The molecule has 3 aromatic heterocycles. The van der Waals surface area contributed by atoms with Crippen molar-refractivity contribution in [3.63, 3.8) is 0 Å². The SMILES string of the molecule is O=[N+]([O-])c1cc2[nH]c(Nc3c[nH]c4ccc(Cl)nc34)nc2cc1F. The van der Waals surface area contributed by atoms with Crippen molar-refractivity contribution in [2.45, 2.75) is 0 Å². The van der Waals surface area contributed by atoms with Gasteiger partial charge in [0.2, 0.25) is 11.8 Å². The molecule has 0 saturated carbocycles. The summed E-state index contributed by atoms with van der Waals surface area (Å²) in [6, 6.07) is 5.56. The number of rotatable bonds is 3. The van der Waals surface area contributed by atoms with Crippen molar-refractivity contribution in [2.75, 3.05) is 5.32 Å². The number of aromatic nitrogens is 4. The van der Waals surface area contributed by atoms with Gasteiger partial charge in [0.1, 0.15) is 10.7 Å². The number of nitro groups is 1. The standard InChI is InChI=1S/C14H8ClFN6O2/c15-12-2-1-7-13(21-12)10(5-17-7)20-14-18-8-3-6(16)11(22(23)24)4-9(8)19-14/h1-5,17H,(H2,18,19,20). The number of nitrogens with one attached hydrogen (secondary N) is 3. The van der Waals surface area contributed by atoms with Crippen LogP contribution in [0.15, 0.2) is 30.5 Å². The van der Waals surface area contributed by atoms with Crippen LogP contribution in [0.3, 0.4) is 0 Å². The molecule has 0 aliphatic carbocycles. The highest BCUT2D eigenvalue weighted by molar-refractivity contribution is 6.29. The second-order valence-corrected chi connectivity index (χ2v) is 5.41. The van der Waals surface area contributed by atoms with Gasteiger partial charge < -0.3 is 15.3 Å². The zero-order valence-corrected chi connectivity index (χ0v) is 12.6. The van der Waals surface area contributed by atoms with Crippen LogP contribution in [-0.2, 0) is 0 Å². The quantitative estimate of drug-likeness (QED) is 0.296. The molecule has 0 spiro atoms. The van der Waals surface area contributed by atoms with Crippen LogP contribution in [-0.4, -0.2) is 24.9 Å². The lowest BCUT2D eigenvalue weighted by Gasteiger charge is -1.99. The number of hydrogen-bond donors (Lipinski definition) is 3. The van der Waals surface area contributed by atoms with Crippen LogP contribution in [0.1, 0.15) is 0 Å². The first-order valence-electron chi connectivity index (χ1n) is 6.75. The Kier molecular flexibility index (Phi) is 3.10. The smallest absolute Gasteiger partial charge is 0.307 e. The number of imidazole rings is 1. The van der Waals surface area contributed by atoms with Gasteiger partial charge in [-0.3, -0.25) is 10.1 Å². The lowest BCUT2D eigenvalue weighted by atomic mass is 10.2. The van der Waals surface area contributed by atoms with Crippen molar-refractivity contribution in [1.29, 1.82) is 0 Å². The van der Waals surface area contributed by atoms with Crippen LogP contribution in [0.25, 0.3) is 22.1 Å². The number of pyridine rings is 1. The van der Waals surface area contributed by atoms with Gasteiger partial charge in [-0.15, -0.1) is 0 Å². The van der Waals surface area contributed by atoms with E-state index in [1.54, 1.807) is 18.3 Å². The van der Waals surface area contributed by atoms with Gasteiger partial charge in [0.15, 0.2) is 0 Å². The Balaban J connectivity index is 1.76. The summed E-state index contributed by atoms with van der Waals surface area (Å²) < 4.78 is 13.7. The number of hydrogen-bond acceptors (Lipinski definition) is 5. The zero-order chi connectivity index (χ0) is 16.8. The molecule has 0 aliphatic rings. The van der Waals surface area contributed by atoms with E-state index in [2.05, 4.69) is 25.3 Å². The number of fused-ring (bicyclic) bond motifs is 2. The number of aromatic amines is 2. The van der Waals surface area contributed by atoms with Crippen LogP contribution >= 0.6 is 11.6 Å². The molecule has 4 aromatic rings. The highest BCUT2D eigenvalue weighted by Crippen LogP contribution is 2.28. The first-order chi connectivity index (χ1) is 11.5. The van der Waals surface area contributed by atoms with Gasteiger partial charge >= 0.3 is 5.69 Å². The molecule has 0 radical (unpaired) electrons. The maximum Gasteiger partial charge on any atom is 0.307 e. The largest absolute Gasteiger partial charge is 0.358 e. The Hall–Kier alpha value is -3.20. The van der Waals surface area contributed by atoms with Crippen LogP contribution in [0.2, 0.25) is 5.15 Å². The molecule has 4 rings (SSSR count). The van der Waals surface area contributed by atoms with E-state index in [9.17, 15) is 14.5 Å². The molecule has 120 valence electrons. The van der Waals surface area contributed by atoms with E-state index in [1.165, 1.54) is 0 Å². The van der Waals surface area contributed by atoms with Crippen LogP contribution in [0.4, 0.5) is 21.7 Å². The monoisotopic (exact) mass is 346 g/mol. The van der Waals surface area contributed by atoms with Gasteiger partial charge in [-0.2, -0.15) is 4.39 Å². The summed E-state index contributed by atoms with van der Waals surface area (Å²) in [5.41, 5.74) is 2.00. The van der Waals surface area contributed by atoms with Gasteiger partial charge in [-0.05, 0) is 12.1 Å². The first-order valence-corrected chi connectivity index (χ1v) is 7.13. The van der Waals surface area contributed by atoms with Crippen LogP contribution in [0.5, 0.6) is 0 Å². The number of halogens is 2. The summed E-state index contributed by atoms with van der Waals surface area (Å²) in [6.45, 7) is 0. The van der Waals surface area contributed by atoms with Crippen molar-refractivity contribution in [3.05, 3.63) is 51.5 Å². The van der Waals surface area contributed by atoms with Crippen molar-refractivity contribution >= 4 is 51.0 Å². The fourth-order valence-corrected chi connectivity index (χ4v) is 2.56. The van der Waals surface area contributed by atoms with Crippen molar-refractivity contribution in [3.8, 4) is 0 Å². The number of nitrogens with zero attached hydrogens (tertiary/aromatic N) is 3. The topological polar surface area (TPSA) is 113 Å². The minimum absolute atomic E-state index is 0.270. The normalized spacial score (nSPS) is 11.2. The van der Waals surface area contributed by atoms with E-state index in [0.29, 0.717) is 27.8 Å². The predicted molar refractivity (Wildman–Crippen MR) is 87.1 cm³/mol. The second-order valence-electron chi connectivity index (χ2n) is 5.02. The molecule has 24 heavy (non-hydrogen) atoms. The molecule has 10 heteroatoms. The summed E-state index contributed by atoms with van der Waals surface area (Å²) >= 11 is 5.90. The highest BCUT2D eigenvalue weighted by Gasteiger charge is 2.17. The maximum absolute atomic E-state index is 13.7. The Morgan fingerprint density at radius 2 is 2.08 bits per heavy atom. The molecular formula is C14H8ClFN6O2. The highest BCUT2D eigenvalue weighted by atomic mass is 35.5. The van der Waals surface area contributed by atoms with Crippen molar-refractivity contribution in [1.82, 2.24) is 19.9 Å². The van der Waals surface area contributed by atoms with Gasteiger partial charge in [-0.25, -0.2) is 9.97 Å². The van der Waals surface area contributed by atoms with Crippen molar-refractivity contribution < 1.29 is 9.31 Å². The van der Waals surface area contributed by atoms with Crippen molar-refractivity contribution in [2.24, 2.45) is 0 Å². The van der Waals surface area contributed by atoms with Gasteiger partial charge in [0, 0.05) is 18.3 Å². The van der Waals surface area contributed by atoms with E-state index in [4.69, 9.17) is 11.6 Å². The Morgan fingerprint density at radius 1 is 1.25 bits per heavy atom. The lowest BCUT2D eigenvalue weighted by molar-refractivity contribution is -0.387. The molecule has 3 N–H and O–H groups in total. The Bertz CT molecular complexity index is 1110. The minimum atomic E-state index is -0.939. The molecule has 0 saturated heterocycles. The van der Waals surface area contributed by atoms with E-state index in [0.717, 1.165) is 17.6 Å². The molecule has 1 aromatic carbocycles. The van der Waals surface area contributed by atoms with Gasteiger partial charge in [-0.1, -0.05) is 11.6 Å². The van der Waals surface area contributed by atoms with E-state index >= 15 is 0 Å². The van der Waals surface area contributed by atoms with E-state index in [1.807, 2.05) is 0 Å². The second kappa shape index (κ2) is 5.17. The molecule has 3 heterocycles. The molecule has 0 amide bonds. The summed E-state index contributed by atoms with van der Waals surface area (Å²) in [4.78, 5) is 24.3. The average Bonchev–Trinajstić information content (AvgIpc) is 3.10. The van der Waals surface area contributed by atoms with E-state index < -0.39 is 16.4 Å². The number of anilines is 2. The third-order valence-electron chi connectivity index (χ3n) is 3.49. The minimum Gasteiger partial charge on any atom is -0.358 e. The fraction of sp³-hybridized carbons (Fsp3) is 0. The Labute approximate surface area is 137 Å². The fourth-order valence-electron chi connectivity index (χ4n) is 2.42. The molecule has 8 nitrogen and oxygen atoms in total. The van der Waals surface area contributed by atoms with E-state index in [-0.39, 0.29) is 5.52 Å². The summed E-state index contributed by atoms with van der Waals surface area (Å²) in [5, 5.41) is 14.1. The lowest BCUT2D eigenvalue weighted by Crippen LogP contribution is -1.92. The number of H-pyrrole nitrogens is 2. The number of nitro benzene ring substituents is 1. The van der Waals surface area contributed by atoms with Crippen LogP contribution in [0, 0.1) is 15.9 Å². The summed E-state index contributed by atoms with van der Waals surface area (Å²) in [7, 11) is 0. The summed E-state index contributed by atoms with van der Waals surface area (Å²) in [5.74, 6) is -0.640. The molecular weight excluding hydrogens is 339 g/mol. The molecule has 0 aliphatic heterocycles.